The van der Waals surface area contributed by atoms with Crippen LogP contribution in [0, 0.1) is 5.92 Å². The lowest BCUT2D eigenvalue weighted by Crippen LogP contribution is -2.34. The number of hydrazone groups is 1. The standard InChI is InChI=1S/C5H13N5O/c1-3(5(6)10-8)2-4(11)9-7/h3H,2,7-8H2,1H3,(H2,6,10)(H,9,11). The number of nitrogens with zero attached hydrogens (tertiary/aromatic N) is 1. The van der Waals surface area contributed by atoms with Crippen LogP contribution in [0.1, 0.15) is 13.3 Å². The van der Waals surface area contributed by atoms with E-state index in [4.69, 9.17) is 17.4 Å². The molecule has 0 saturated carbocycles. The van der Waals surface area contributed by atoms with Gasteiger partial charge in [0.2, 0.25) is 5.91 Å². The molecule has 0 spiro atoms. The van der Waals surface area contributed by atoms with Gasteiger partial charge in [0, 0.05) is 12.3 Å². The first-order valence-electron chi connectivity index (χ1n) is 3.14. The summed E-state index contributed by atoms with van der Waals surface area (Å²) in [5, 5.41) is 3.25. The van der Waals surface area contributed by atoms with Crippen molar-refractivity contribution >= 4 is 11.7 Å². The average Bonchev–Trinajstić information content (AvgIpc) is 2.02. The zero-order valence-corrected chi connectivity index (χ0v) is 6.37. The number of carbonyl (C=O) groups excluding carboxylic acids is 1. The molecule has 0 aromatic rings. The van der Waals surface area contributed by atoms with E-state index in [0.717, 1.165) is 0 Å². The molecule has 0 aliphatic rings. The van der Waals surface area contributed by atoms with Crippen LogP contribution < -0.4 is 22.8 Å². The average molecular weight is 159 g/mol. The van der Waals surface area contributed by atoms with Crippen molar-refractivity contribution in [1.82, 2.24) is 5.43 Å². The van der Waals surface area contributed by atoms with Gasteiger partial charge in [-0.05, 0) is 0 Å². The maximum atomic E-state index is 10.7. The highest BCUT2D eigenvalue weighted by Gasteiger charge is 2.10. The summed E-state index contributed by atoms with van der Waals surface area (Å²) in [5.41, 5.74) is 7.31. The Morgan fingerprint density at radius 2 is 2.27 bits per heavy atom. The van der Waals surface area contributed by atoms with Crippen LogP contribution in [-0.2, 0) is 4.79 Å². The highest BCUT2D eigenvalue weighted by Crippen LogP contribution is 1.99. The summed E-state index contributed by atoms with van der Waals surface area (Å²) < 4.78 is 0. The Kier molecular flexibility index (Phi) is 3.97. The number of amidine groups is 1. The summed E-state index contributed by atoms with van der Waals surface area (Å²) in [7, 11) is 0. The number of hydrogen-bond acceptors (Lipinski definition) is 4. The molecule has 0 aliphatic heterocycles. The molecule has 0 bridgehead atoms. The summed E-state index contributed by atoms with van der Waals surface area (Å²) >= 11 is 0. The van der Waals surface area contributed by atoms with Crippen molar-refractivity contribution in [3.8, 4) is 0 Å². The number of carbonyl (C=O) groups is 1. The third-order valence-corrected chi connectivity index (χ3v) is 1.31. The molecule has 0 radical (unpaired) electrons. The quantitative estimate of drug-likeness (QED) is 0.128. The van der Waals surface area contributed by atoms with E-state index < -0.39 is 0 Å². The van der Waals surface area contributed by atoms with E-state index in [1.165, 1.54) is 0 Å². The van der Waals surface area contributed by atoms with Gasteiger partial charge < -0.3 is 11.6 Å². The van der Waals surface area contributed by atoms with Crippen LogP contribution >= 0.6 is 0 Å². The zero-order chi connectivity index (χ0) is 8.85. The molecule has 0 heterocycles. The molecular formula is C5H13N5O. The molecule has 0 rings (SSSR count). The lowest BCUT2D eigenvalue weighted by Gasteiger charge is -2.07. The number of hydrogen-bond donors (Lipinski definition) is 4. The smallest absolute Gasteiger partial charge is 0.234 e. The molecule has 0 saturated heterocycles. The fourth-order valence-corrected chi connectivity index (χ4v) is 0.569. The largest absolute Gasteiger partial charge is 0.385 e. The van der Waals surface area contributed by atoms with Crippen LogP contribution in [0.3, 0.4) is 0 Å². The Balaban J connectivity index is 3.87. The van der Waals surface area contributed by atoms with E-state index in [9.17, 15) is 4.79 Å². The predicted octanol–water partition coefficient (Wildman–Crippen LogP) is -1.77. The normalized spacial score (nSPS) is 14.2. The number of hydrazine groups is 1. The van der Waals surface area contributed by atoms with Crippen molar-refractivity contribution in [2.24, 2.45) is 28.4 Å². The predicted molar refractivity (Wildman–Crippen MR) is 41.9 cm³/mol. The van der Waals surface area contributed by atoms with Gasteiger partial charge in [-0.2, -0.15) is 5.10 Å². The lowest BCUT2D eigenvalue weighted by molar-refractivity contribution is -0.121. The van der Waals surface area contributed by atoms with E-state index >= 15 is 0 Å². The fraction of sp³-hybridized carbons (Fsp3) is 0.600. The Labute approximate surface area is 64.8 Å². The lowest BCUT2D eigenvalue weighted by atomic mass is 10.1. The number of amides is 1. The van der Waals surface area contributed by atoms with Gasteiger partial charge >= 0.3 is 0 Å². The second kappa shape index (κ2) is 4.51. The molecule has 6 nitrogen and oxygen atoms in total. The van der Waals surface area contributed by atoms with Crippen molar-refractivity contribution in [2.45, 2.75) is 13.3 Å². The third-order valence-electron chi connectivity index (χ3n) is 1.31. The molecule has 1 amide bonds. The van der Waals surface area contributed by atoms with Crippen LogP contribution in [0.5, 0.6) is 0 Å². The van der Waals surface area contributed by atoms with Gasteiger partial charge in [0.25, 0.3) is 0 Å². The summed E-state index contributed by atoms with van der Waals surface area (Å²) in [6.07, 6.45) is 0.197. The topological polar surface area (TPSA) is 120 Å². The Morgan fingerprint density at radius 1 is 1.73 bits per heavy atom. The van der Waals surface area contributed by atoms with Crippen LogP contribution in [0.25, 0.3) is 0 Å². The molecule has 0 aromatic carbocycles. The van der Waals surface area contributed by atoms with Crippen LogP contribution in [0.2, 0.25) is 0 Å². The summed E-state index contributed by atoms with van der Waals surface area (Å²) in [4.78, 5) is 10.7. The minimum atomic E-state index is -0.288. The Hall–Kier alpha value is -1.30. The summed E-state index contributed by atoms with van der Waals surface area (Å²) in [6, 6.07) is 0. The van der Waals surface area contributed by atoms with Gasteiger partial charge in [0.1, 0.15) is 5.84 Å². The Bertz CT molecular complexity index is 166. The maximum Gasteiger partial charge on any atom is 0.234 e. The van der Waals surface area contributed by atoms with E-state index in [-0.39, 0.29) is 24.1 Å². The number of nitrogens with two attached hydrogens (primary N) is 3. The second-order valence-electron chi connectivity index (χ2n) is 2.23. The zero-order valence-electron chi connectivity index (χ0n) is 6.37. The number of nitrogens with one attached hydrogen (secondary N) is 1. The van der Waals surface area contributed by atoms with Gasteiger partial charge in [0.05, 0.1) is 0 Å². The monoisotopic (exact) mass is 159 g/mol. The molecule has 11 heavy (non-hydrogen) atoms. The maximum absolute atomic E-state index is 10.7. The van der Waals surface area contributed by atoms with Crippen molar-refractivity contribution in [3.63, 3.8) is 0 Å². The molecule has 6 heteroatoms. The van der Waals surface area contributed by atoms with Gasteiger partial charge in [0.15, 0.2) is 0 Å². The molecule has 0 aliphatic carbocycles. The van der Waals surface area contributed by atoms with Gasteiger partial charge in [-0.1, -0.05) is 6.92 Å². The molecule has 0 aromatic heterocycles. The van der Waals surface area contributed by atoms with E-state index in [1.807, 2.05) is 5.43 Å². The Morgan fingerprint density at radius 3 is 2.64 bits per heavy atom. The van der Waals surface area contributed by atoms with Crippen LogP contribution in [-0.4, -0.2) is 11.7 Å². The second-order valence-corrected chi connectivity index (χ2v) is 2.23. The molecule has 7 N–H and O–H groups in total. The third kappa shape index (κ3) is 3.41. The molecule has 1 atom stereocenters. The van der Waals surface area contributed by atoms with E-state index in [1.54, 1.807) is 6.92 Å². The number of rotatable bonds is 3. The van der Waals surface area contributed by atoms with E-state index in [2.05, 4.69) is 5.10 Å². The van der Waals surface area contributed by atoms with Gasteiger partial charge in [-0.25, -0.2) is 5.84 Å². The fourth-order valence-electron chi connectivity index (χ4n) is 0.569. The first-order valence-corrected chi connectivity index (χ1v) is 3.14. The molecule has 64 valence electrons. The van der Waals surface area contributed by atoms with Crippen molar-refractivity contribution in [3.05, 3.63) is 0 Å². The first-order chi connectivity index (χ1) is 5.11. The SMILES string of the molecule is CC(CC(=O)NN)/C(N)=N\N. The highest BCUT2D eigenvalue weighted by atomic mass is 16.2. The van der Waals surface area contributed by atoms with E-state index in [0.29, 0.717) is 0 Å². The molecule has 1 unspecified atom stereocenters. The van der Waals surface area contributed by atoms with Crippen molar-refractivity contribution in [2.75, 3.05) is 0 Å². The van der Waals surface area contributed by atoms with Gasteiger partial charge in [-0.15, -0.1) is 0 Å². The minimum absolute atomic E-state index is 0.177. The van der Waals surface area contributed by atoms with Crippen molar-refractivity contribution in [1.29, 1.82) is 0 Å². The summed E-state index contributed by atoms with van der Waals surface area (Å²) in [5.74, 6) is 9.52. The van der Waals surface area contributed by atoms with Crippen LogP contribution in [0.15, 0.2) is 5.10 Å². The van der Waals surface area contributed by atoms with Crippen molar-refractivity contribution < 1.29 is 4.79 Å². The molecule has 0 fully saturated rings. The minimum Gasteiger partial charge on any atom is -0.385 e. The highest BCUT2D eigenvalue weighted by molar-refractivity contribution is 5.87. The summed E-state index contributed by atoms with van der Waals surface area (Å²) in [6.45, 7) is 1.74. The first kappa shape index (κ1) is 9.70. The molecular weight excluding hydrogens is 146 g/mol. The van der Waals surface area contributed by atoms with Gasteiger partial charge in [-0.3, -0.25) is 10.2 Å². The van der Waals surface area contributed by atoms with Crippen LogP contribution in [0.4, 0.5) is 0 Å².